The molecule has 2 rings (SSSR count). The Labute approximate surface area is 75.3 Å². The van der Waals surface area contributed by atoms with Crippen LogP contribution in [0.15, 0.2) is 0 Å². The zero-order chi connectivity index (χ0) is 8.39. The maximum atomic E-state index is 3.41. The number of rotatable bonds is 2. The summed E-state index contributed by atoms with van der Waals surface area (Å²) in [6.45, 7) is 2.72. The zero-order valence-electron chi connectivity index (χ0n) is 8.05. The minimum absolute atomic E-state index is 0.796. The van der Waals surface area contributed by atoms with E-state index in [2.05, 4.69) is 17.3 Å². The van der Waals surface area contributed by atoms with Gasteiger partial charge in [-0.1, -0.05) is 6.42 Å². The number of hydrogen-bond donors (Lipinski definition) is 1. The van der Waals surface area contributed by atoms with Crippen molar-refractivity contribution in [3.63, 3.8) is 0 Å². The number of nitrogens with one attached hydrogen (secondary N) is 1. The first-order valence-electron chi connectivity index (χ1n) is 5.31. The average Bonchev–Trinajstić information content (AvgIpc) is 2.02. The van der Waals surface area contributed by atoms with E-state index in [1.54, 1.807) is 0 Å². The predicted octanol–water partition coefficient (Wildman–Crippen LogP) is 1.22. The van der Waals surface area contributed by atoms with Gasteiger partial charge in [0.2, 0.25) is 0 Å². The monoisotopic (exact) mass is 168 g/mol. The van der Waals surface area contributed by atoms with E-state index in [1.807, 2.05) is 0 Å². The van der Waals surface area contributed by atoms with Gasteiger partial charge in [0, 0.05) is 12.1 Å². The van der Waals surface area contributed by atoms with Crippen LogP contribution >= 0.6 is 0 Å². The molecule has 2 atom stereocenters. The molecule has 0 aromatic rings. The second-order valence-electron chi connectivity index (χ2n) is 4.20. The third kappa shape index (κ3) is 1.64. The summed E-state index contributed by atoms with van der Waals surface area (Å²) in [6, 6.07) is 1.70. The standard InChI is InChI=1S/C10H20N2/c1-11-9-4-2-5-10(8-9)12-6-3-7-12/h9-11H,2-8H2,1H3. The Bertz CT molecular complexity index is 143. The Morgan fingerprint density at radius 2 is 2.00 bits per heavy atom. The highest BCUT2D eigenvalue weighted by atomic mass is 15.2. The lowest BCUT2D eigenvalue weighted by Crippen LogP contribution is -2.49. The van der Waals surface area contributed by atoms with Gasteiger partial charge in [0.1, 0.15) is 0 Å². The van der Waals surface area contributed by atoms with Gasteiger partial charge in [0.25, 0.3) is 0 Å². The van der Waals surface area contributed by atoms with Crippen molar-refractivity contribution >= 4 is 0 Å². The second-order valence-corrected chi connectivity index (χ2v) is 4.20. The van der Waals surface area contributed by atoms with Crippen LogP contribution in [-0.2, 0) is 0 Å². The van der Waals surface area contributed by atoms with Crippen LogP contribution in [0.4, 0.5) is 0 Å². The van der Waals surface area contributed by atoms with Gasteiger partial charge in [0.05, 0.1) is 0 Å². The molecule has 1 heterocycles. The molecule has 1 saturated carbocycles. The lowest BCUT2D eigenvalue weighted by atomic mass is 9.88. The summed E-state index contributed by atoms with van der Waals surface area (Å²) in [4.78, 5) is 2.66. The van der Waals surface area contributed by atoms with Gasteiger partial charge in [-0.3, -0.25) is 0 Å². The summed E-state index contributed by atoms with van der Waals surface area (Å²) in [7, 11) is 2.10. The Hall–Kier alpha value is -0.0800. The molecule has 2 unspecified atom stereocenters. The lowest BCUT2D eigenvalue weighted by Gasteiger charge is -2.42. The molecule has 70 valence electrons. The molecule has 1 saturated heterocycles. The molecule has 0 spiro atoms. The highest BCUT2D eigenvalue weighted by Crippen LogP contribution is 2.25. The van der Waals surface area contributed by atoms with Crippen LogP contribution in [0.1, 0.15) is 32.1 Å². The molecule has 0 aromatic carbocycles. The Kier molecular flexibility index (Phi) is 2.66. The molecule has 1 aliphatic carbocycles. The van der Waals surface area contributed by atoms with Crippen molar-refractivity contribution in [2.75, 3.05) is 20.1 Å². The van der Waals surface area contributed by atoms with Gasteiger partial charge < -0.3 is 10.2 Å². The quantitative estimate of drug-likeness (QED) is 0.667. The van der Waals surface area contributed by atoms with E-state index in [0.717, 1.165) is 12.1 Å². The van der Waals surface area contributed by atoms with Crippen LogP contribution in [0.5, 0.6) is 0 Å². The van der Waals surface area contributed by atoms with Crippen LogP contribution in [0.25, 0.3) is 0 Å². The Balaban J connectivity index is 1.81. The largest absolute Gasteiger partial charge is 0.317 e. The highest BCUT2D eigenvalue weighted by molar-refractivity contribution is 4.86. The molecule has 2 aliphatic rings. The molecule has 2 nitrogen and oxygen atoms in total. The van der Waals surface area contributed by atoms with Crippen LogP contribution in [0.3, 0.4) is 0 Å². The molecule has 2 heteroatoms. The van der Waals surface area contributed by atoms with Crippen LogP contribution in [0, 0.1) is 0 Å². The summed E-state index contributed by atoms with van der Waals surface area (Å²) >= 11 is 0. The first-order valence-corrected chi connectivity index (χ1v) is 5.31. The van der Waals surface area contributed by atoms with E-state index in [0.29, 0.717) is 0 Å². The first-order chi connectivity index (χ1) is 5.90. The van der Waals surface area contributed by atoms with E-state index >= 15 is 0 Å². The topological polar surface area (TPSA) is 15.3 Å². The zero-order valence-corrected chi connectivity index (χ0v) is 8.05. The minimum atomic E-state index is 0.796. The lowest BCUT2D eigenvalue weighted by molar-refractivity contribution is 0.0819. The Morgan fingerprint density at radius 3 is 2.58 bits per heavy atom. The van der Waals surface area contributed by atoms with Crippen molar-refractivity contribution in [3.05, 3.63) is 0 Å². The van der Waals surface area contributed by atoms with E-state index in [-0.39, 0.29) is 0 Å². The van der Waals surface area contributed by atoms with Gasteiger partial charge in [-0.15, -0.1) is 0 Å². The van der Waals surface area contributed by atoms with Crippen molar-refractivity contribution in [2.45, 2.75) is 44.2 Å². The SMILES string of the molecule is CNC1CCCC(N2CCC2)C1. The van der Waals surface area contributed by atoms with Crippen molar-refractivity contribution in [3.8, 4) is 0 Å². The molecule has 1 aliphatic heterocycles. The Morgan fingerprint density at radius 1 is 1.17 bits per heavy atom. The van der Waals surface area contributed by atoms with E-state index in [4.69, 9.17) is 0 Å². The molecule has 12 heavy (non-hydrogen) atoms. The molecular formula is C10H20N2. The van der Waals surface area contributed by atoms with Gasteiger partial charge in [-0.2, -0.15) is 0 Å². The molecule has 0 amide bonds. The smallest absolute Gasteiger partial charge is 0.0110 e. The van der Waals surface area contributed by atoms with Crippen molar-refractivity contribution in [1.82, 2.24) is 10.2 Å². The normalized spacial score (nSPS) is 37.8. The van der Waals surface area contributed by atoms with Crippen molar-refractivity contribution in [1.29, 1.82) is 0 Å². The van der Waals surface area contributed by atoms with Crippen LogP contribution in [0.2, 0.25) is 0 Å². The fourth-order valence-electron chi connectivity index (χ4n) is 2.46. The predicted molar refractivity (Wildman–Crippen MR) is 51.3 cm³/mol. The van der Waals surface area contributed by atoms with Crippen LogP contribution < -0.4 is 5.32 Å². The first kappa shape index (κ1) is 8.52. The number of hydrogen-bond acceptors (Lipinski definition) is 2. The van der Waals surface area contributed by atoms with Gasteiger partial charge in [-0.05, 0) is 45.8 Å². The highest BCUT2D eigenvalue weighted by Gasteiger charge is 2.28. The van der Waals surface area contributed by atoms with Crippen molar-refractivity contribution in [2.24, 2.45) is 0 Å². The third-order valence-corrected chi connectivity index (χ3v) is 3.46. The van der Waals surface area contributed by atoms with E-state index in [1.165, 1.54) is 45.2 Å². The number of likely N-dealkylation sites (tertiary alicyclic amines) is 1. The molecule has 0 aromatic heterocycles. The molecular weight excluding hydrogens is 148 g/mol. The summed E-state index contributed by atoms with van der Waals surface area (Å²) in [5.74, 6) is 0. The van der Waals surface area contributed by atoms with Crippen molar-refractivity contribution < 1.29 is 0 Å². The molecule has 0 bridgehead atoms. The fraction of sp³-hybridized carbons (Fsp3) is 1.00. The summed E-state index contributed by atoms with van der Waals surface area (Å²) in [5, 5.41) is 3.41. The maximum absolute atomic E-state index is 3.41. The minimum Gasteiger partial charge on any atom is -0.317 e. The fourth-order valence-corrected chi connectivity index (χ4v) is 2.46. The average molecular weight is 168 g/mol. The molecule has 1 N–H and O–H groups in total. The van der Waals surface area contributed by atoms with E-state index < -0.39 is 0 Å². The summed E-state index contributed by atoms with van der Waals surface area (Å²) in [6.07, 6.45) is 7.07. The molecule has 0 radical (unpaired) electrons. The van der Waals surface area contributed by atoms with E-state index in [9.17, 15) is 0 Å². The number of nitrogens with zero attached hydrogens (tertiary/aromatic N) is 1. The van der Waals surface area contributed by atoms with Gasteiger partial charge >= 0.3 is 0 Å². The summed E-state index contributed by atoms with van der Waals surface area (Å²) < 4.78 is 0. The summed E-state index contributed by atoms with van der Waals surface area (Å²) in [5.41, 5.74) is 0. The third-order valence-electron chi connectivity index (χ3n) is 3.46. The van der Waals surface area contributed by atoms with Crippen LogP contribution in [-0.4, -0.2) is 37.1 Å². The van der Waals surface area contributed by atoms with Gasteiger partial charge in [0.15, 0.2) is 0 Å². The second kappa shape index (κ2) is 3.75. The molecule has 2 fully saturated rings. The van der Waals surface area contributed by atoms with Gasteiger partial charge in [-0.25, -0.2) is 0 Å². The maximum Gasteiger partial charge on any atom is 0.0110 e.